The van der Waals surface area contributed by atoms with Gasteiger partial charge in [-0.3, -0.25) is 4.79 Å². The number of aryl methyl sites for hydroxylation is 1. The molecular weight excluding hydrogens is 373 g/mol. The van der Waals surface area contributed by atoms with Crippen LogP contribution in [0, 0.1) is 6.92 Å². The van der Waals surface area contributed by atoms with E-state index in [1.807, 2.05) is 6.92 Å². The number of benzene rings is 2. The second-order valence-electron chi connectivity index (χ2n) is 4.94. The fourth-order valence-electron chi connectivity index (χ4n) is 1.84. The highest BCUT2D eigenvalue weighted by Gasteiger charge is 2.09. The highest BCUT2D eigenvalue weighted by Crippen LogP contribution is 2.25. The van der Waals surface area contributed by atoms with E-state index < -0.39 is 11.9 Å². The van der Waals surface area contributed by atoms with E-state index in [1.165, 1.54) is 6.07 Å². The van der Waals surface area contributed by atoms with Crippen molar-refractivity contribution in [3.8, 4) is 0 Å². The van der Waals surface area contributed by atoms with Gasteiger partial charge in [-0.15, -0.1) is 0 Å². The molecule has 2 aromatic carbocycles. The Labute approximate surface area is 154 Å². The van der Waals surface area contributed by atoms with E-state index in [0.717, 1.165) is 5.56 Å². The van der Waals surface area contributed by atoms with Crippen molar-refractivity contribution in [2.45, 2.75) is 6.92 Å². The Hall–Kier alpha value is -1.95. The molecule has 0 saturated carbocycles. The standard InChI is InChI=1S/C16H14Cl3N3O2/c1-9-2-3-10(17)6-13(9)22-16(24)20-8-15(23)21-14-7-11(18)4-5-12(14)19/h2-7H,8H2,1H3,(H,21,23)(H2,20,22,24). The first kappa shape index (κ1) is 18.4. The number of carbonyl (C=O) groups is 2. The Balaban J connectivity index is 1.88. The van der Waals surface area contributed by atoms with Crippen molar-refractivity contribution < 1.29 is 9.59 Å². The minimum Gasteiger partial charge on any atom is -0.329 e. The molecule has 0 aliphatic heterocycles. The molecule has 0 aromatic heterocycles. The topological polar surface area (TPSA) is 70.2 Å². The SMILES string of the molecule is Cc1ccc(Cl)cc1NC(=O)NCC(=O)Nc1cc(Cl)ccc1Cl. The summed E-state index contributed by atoms with van der Waals surface area (Å²) in [6.07, 6.45) is 0. The zero-order valence-corrected chi connectivity index (χ0v) is 14.9. The summed E-state index contributed by atoms with van der Waals surface area (Å²) in [6.45, 7) is 1.61. The van der Waals surface area contributed by atoms with Gasteiger partial charge in [-0.25, -0.2) is 4.79 Å². The van der Waals surface area contributed by atoms with Gasteiger partial charge in [0.25, 0.3) is 0 Å². The number of rotatable bonds is 4. The van der Waals surface area contributed by atoms with Gasteiger partial charge >= 0.3 is 6.03 Å². The van der Waals surface area contributed by atoms with Gasteiger partial charge in [0.05, 0.1) is 17.3 Å². The maximum absolute atomic E-state index is 11.9. The van der Waals surface area contributed by atoms with Crippen LogP contribution in [0.1, 0.15) is 5.56 Å². The second-order valence-corrected chi connectivity index (χ2v) is 6.22. The number of hydrogen-bond acceptors (Lipinski definition) is 2. The number of nitrogens with one attached hydrogen (secondary N) is 3. The lowest BCUT2D eigenvalue weighted by Gasteiger charge is -2.11. The van der Waals surface area contributed by atoms with Gasteiger partial charge in [0, 0.05) is 15.7 Å². The molecule has 0 unspecified atom stereocenters. The predicted octanol–water partition coefficient (Wildman–Crippen LogP) is 4.72. The lowest BCUT2D eigenvalue weighted by atomic mass is 10.2. The molecule has 3 N–H and O–H groups in total. The molecule has 24 heavy (non-hydrogen) atoms. The quantitative estimate of drug-likeness (QED) is 0.712. The van der Waals surface area contributed by atoms with E-state index in [-0.39, 0.29) is 6.54 Å². The van der Waals surface area contributed by atoms with Crippen molar-refractivity contribution in [2.24, 2.45) is 0 Å². The van der Waals surface area contributed by atoms with Crippen LogP contribution in [0.2, 0.25) is 15.1 Å². The molecule has 2 rings (SSSR count). The Morgan fingerprint density at radius 3 is 2.25 bits per heavy atom. The molecule has 3 amide bonds. The third-order valence-electron chi connectivity index (χ3n) is 3.06. The summed E-state index contributed by atoms with van der Waals surface area (Å²) in [7, 11) is 0. The van der Waals surface area contributed by atoms with Crippen LogP contribution in [0.15, 0.2) is 36.4 Å². The summed E-state index contributed by atoms with van der Waals surface area (Å²) in [5, 5.41) is 8.95. The van der Waals surface area contributed by atoms with Crippen LogP contribution in [0.3, 0.4) is 0 Å². The molecule has 0 heterocycles. The predicted molar refractivity (Wildman–Crippen MR) is 98.3 cm³/mol. The first-order valence-electron chi connectivity index (χ1n) is 6.91. The number of amides is 3. The van der Waals surface area contributed by atoms with Crippen molar-refractivity contribution in [1.29, 1.82) is 0 Å². The summed E-state index contributed by atoms with van der Waals surface area (Å²) < 4.78 is 0. The van der Waals surface area contributed by atoms with E-state index >= 15 is 0 Å². The third-order valence-corrected chi connectivity index (χ3v) is 3.86. The normalized spacial score (nSPS) is 10.2. The van der Waals surface area contributed by atoms with Crippen LogP contribution in [-0.4, -0.2) is 18.5 Å². The van der Waals surface area contributed by atoms with E-state index in [1.54, 1.807) is 30.3 Å². The molecule has 0 atom stereocenters. The number of hydrogen-bond donors (Lipinski definition) is 3. The summed E-state index contributed by atoms with van der Waals surface area (Å²) >= 11 is 17.7. The van der Waals surface area contributed by atoms with E-state index in [9.17, 15) is 9.59 Å². The molecular formula is C16H14Cl3N3O2. The average Bonchev–Trinajstić information content (AvgIpc) is 2.52. The van der Waals surface area contributed by atoms with Crippen molar-refractivity contribution in [2.75, 3.05) is 17.2 Å². The van der Waals surface area contributed by atoms with Gasteiger partial charge in [-0.05, 0) is 42.8 Å². The molecule has 0 saturated heterocycles. The highest BCUT2D eigenvalue weighted by molar-refractivity contribution is 6.35. The minimum absolute atomic E-state index is 0.228. The summed E-state index contributed by atoms with van der Waals surface area (Å²) in [5.41, 5.74) is 1.80. The van der Waals surface area contributed by atoms with Crippen LogP contribution >= 0.6 is 34.8 Å². The lowest BCUT2D eigenvalue weighted by molar-refractivity contribution is -0.115. The first-order valence-corrected chi connectivity index (χ1v) is 8.04. The Morgan fingerprint density at radius 1 is 0.917 bits per heavy atom. The maximum atomic E-state index is 11.9. The minimum atomic E-state index is -0.521. The molecule has 0 spiro atoms. The fourth-order valence-corrected chi connectivity index (χ4v) is 2.35. The number of anilines is 2. The molecule has 5 nitrogen and oxygen atoms in total. The van der Waals surface area contributed by atoms with Crippen LogP contribution in [0.4, 0.5) is 16.2 Å². The van der Waals surface area contributed by atoms with Crippen molar-refractivity contribution in [1.82, 2.24) is 5.32 Å². The smallest absolute Gasteiger partial charge is 0.319 e. The van der Waals surface area contributed by atoms with Gasteiger partial charge in [0.1, 0.15) is 0 Å². The lowest BCUT2D eigenvalue weighted by Crippen LogP contribution is -2.36. The van der Waals surface area contributed by atoms with Gasteiger partial charge < -0.3 is 16.0 Å². The van der Waals surface area contributed by atoms with Gasteiger partial charge in [-0.1, -0.05) is 40.9 Å². The average molecular weight is 387 g/mol. The molecule has 2 aromatic rings. The Kier molecular flexibility index (Phi) is 6.31. The monoisotopic (exact) mass is 385 g/mol. The molecule has 0 fully saturated rings. The number of urea groups is 1. The van der Waals surface area contributed by atoms with E-state index in [2.05, 4.69) is 16.0 Å². The molecule has 8 heteroatoms. The maximum Gasteiger partial charge on any atom is 0.319 e. The summed E-state index contributed by atoms with van der Waals surface area (Å²) in [4.78, 5) is 23.7. The molecule has 0 bridgehead atoms. The van der Waals surface area contributed by atoms with Gasteiger partial charge in [-0.2, -0.15) is 0 Å². The Morgan fingerprint density at radius 2 is 1.54 bits per heavy atom. The highest BCUT2D eigenvalue weighted by atomic mass is 35.5. The molecule has 0 radical (unpaired) electrons. The second kappa shape index (κ2) is 8.24. The zero-order valence-electron chi connectivity index (χ0n) is 12.6. The Bertz CT molecular complexity index is 716. The fraction of sp³-hybridized carbons (Fsp3) is 0.125. The number of carbonyl (C=O) groups excluding carboxylic acids is 2. The van der Waals surface area contributed by atoms with E-state index in [0.29, 0.717) is 26.4 Å². The van der Waals surface area contributed by atoms with Crippen molar-refractivity contribution in [3.05, 3.63) is 57.0 Å². The third kappa shape index (κ3) is 5.30. The van der Waals surface area contributed by atoms with Crippen LogP contribution in [0.25, 0.3) is 0 Å². The largest absolute Gasteiger partial charge is 0.329 e. The van der Waals surface area contributed by atoms with Gasteiger partial charge in [0.2, 0.25) is 5.91 Å². The van der Waals surface area contributed by atoms with Gasteiger partial charge in [0.15, 0.2) is 0 Å². The van der Waals surface area contributed by atoms with Crippen LogP contribution < -0.4 is 16.0 Å². The molecule has 126 valence electrons. The van der Waals surface area contributed by atoms with Crippen LogP contribution in [-0.2, 0) is 4.79 Å². The van der Waals surface area contributed by atoms with Crippen LogP contribution in [0.5, 0.6) is 0 Å². The molecule has 0 aliphatic rings. The number of halogens is 3. The van der Waals surface area contributed by atoms with Crippen molar-refractivity contribution in [3.63, 3.8) is 0 Å². The van der Waals surface area contributed by atoms with Crippen molar-refractivity contribution >= 4 is 58.1 Å². The molecule has 0 aliphatic carbocycles. The summed E-state index contributed by atoms with van der Waals surface area (Å²) in [6, 6.07) is 9.32. The zero-order chi connectivity index (χ0) is 17.7. The first-order chi connectivity index (χ1) is 11.3. The summed E-state index contributed by atoms with van der Waals surface area (Å²) in [5.74, 6) is -0.433. The van der Waals surface area contributed by atoms with E-state index in [4.69, 9.17) is 34.8 Å².